The Morgan fingerprint density at radius 2 is 1.94 bits per heavy atom. The van der Waals surface area contributed by atoms with E-state index in [1.165, 1.54) is 6.08 Å². The molecule has 1 N–H and O–H groups in total. The van der Waals surface area contributed by atoms with Crippen LogP contribution in [0, 0.1) is 0 Å². The first-order valence-corrected chi connectivity index (χ1v) is 7.54. The molecule has 16 heavy (non-hydrogen) atoms. The summed E-state index contributed by atoms with van der Waals surface area (Å²) in [5, 5.41) is 0. The number of rotatable bonds is 6. The first-order chi connectivity index (χ1) is 7.53. The summed E-state index contributed by atoms with van der Waals surface area (Å²) in [5.41, 5.74) is 0.658. The van der Waals surface area contributed by atoms with Crippen molar-refractivity contribution in [2.45, 2.75) is 5.75 Å². The summed E-state index contributed by atoms with van der Waals surface area (Å²) < 4.78 is 36.4. The minimum absolute atomic E-state index is 0.105. The Morgan fingerprint density at radius 1 is 1.31 bits per heavy atom. The molecule has 0 bridgehead atoms. The van der Waals surface area contributed by atoms with Crippen molar-refractivity contribution in [3.63, 3.8) is 0 Å². The molecule has 1 aromatic carbocycles. The molecule has 4 nitrogen and oxygen atoms in total. The standard InChI is InChI=1S/C10H13NO3S2/c1-2-8-15(12)11-16(13,14)9-10-6-4-3-5-7-10/h2-7,11H,1,8-9H2. The molecule has 1 aromatic rings. The van der Waals surface area contributed by atoms with Crippen LogP contribution in [0.5, 0.6) is 0 Å². The van der Waals surface area contributed by atoms with Gasteiger partial charge in [0.2, 0.25) is 10.0 Å². The van der Waals surface area contributed by atoms with E-state index in [0.29, 0.717) is 5.56 Å². The van der Waals surface area contributed by atoms with Crippen LogP contribution in [0.25, 0.3) is 0 Å². The fourth-order valence-corrected chi connectivity index (χ4v) is 3.59. The number of benzene rings is 1. The van der Waals surface area contributed by atoms with E-state index in [1.54, 1.807) is 30.3 Å². The van der Waals surface area contributed by atoms with Gasteiger partial charge in [-0.2, -0.15) is 0 Å². The van der Waals surface area contributed by atoms with Crippen LogP contribution in [-0.4, -0.2) is 18.4 Å². The largest absolute Gasteiger partial charge is 0.242 e. The van der Waals surface area contributed by atoms with E-state index in [9.17, 15) is 12.6 Å². The SMILES string of the molecule is C=CCS(=O)NS(=O)(=O)Cc1ccccc1. The summed E-state index contributed by atoms with van der Waals surface area (Å²) in [7, 11) is -5.17. The highest BCUT2D eigenvalue weighted by atomic mass is 32.3. The molecule has 1 atom stereocenters. The highest BCUT2D eigenvalue weighted by Crippen LogP contribution is 2.04. The fourth-order valence-electron chi connectivity index (χ4n) is 1.11. The van der Waals surface area contributed by atoms with E-state index in [4.69, 9.17) is 0 Å². The maximum absolute atomic E-state index is 11.5. The van der Waals surface area contributed by atoms with Crippen LogP contribution in [0.4, 0.5) is 0 Å². The molecule has 0 aromatic heterocycles. The monoisotopic (exact) mass is 259 g/mol. The molecule has 0 saturated heterocycles. The van der Waals surface area contributed by atoms with Crippen LogP contribution in [0.2, 0.25) is 0 Å². The van der Waals surface area contributed by atoms with Crippen LogP contribution >= 0.6 is 0 Å². The van der Waals surface area contributed by atoms with E-state index in [2.05, 4.69) is 10.7 Å². The van der Waals surface area contributed by atoms with E-state index >= 15 is 0 Å². The van der Waals surface area contributed by atoms with Crippen molar-refractivity contribution in [1.82, 2.24) is 4.13 Å². The Kier molecular flexibility index (Phi) is 4.85. The normalized spacial score (nSPS) is 13.2. The number of nitrogens with one attached hydrogen (secondary N) is 1. The van der Waals surface area contributed by atoms with Crippen molar-refractivity contribution < 1.29 is 12.6 Å². The van der Waals surface area contributed by atoms with Crippen LogP contribution < -0.4 is 4.13 Å². The van der Waals surface area contributed by atoms with E-state index in [-0.39, 0.29) is 11.5 Å². The molecule has 88 valence electrons. The van der Waals surface area contributed by atoms with Gasteiger partial charge in [-0.1, -0.05) is 36.4 Å². The lowest BCUT2D eigenvalue weighted by atomic mass is 10.2. The molecule has 0 fully saturated rings. The predicted octanol–water partition coefficient (Wildman–Crippen LogP) is 0.956. The highest BCUT2D eigenvalue weighted by molar-refractivity contribution is 8.01. The van der Waals surface area contributed by atoms with Crippen molar-refractivity contribution in [3.8, 4) is 0 Å². The predicted molar refractivity (Wildman–Crippen MR) is 65.4 cm³/mol. The summed E-state index contributed by atoms with van der Waals surface area (Å²) in [5.74, 6) is -0.0647. The topological polar surface area (TPSA) is 63.2 Å². The molecule has 1 rings (SSSR count). The number of hydrogen-bond donors (Lipinski definition) is 1. The second-order valence-electron chi connectivity index (χ2n) is 3.13. The maximum Gasteiger partial charge on any atom is 0.226 e. The lowest BCUT2D eigenvalue weighted by Gasteiger charge is -2.04. The quantitative estimate of drug-likeness (QED) is 0.774. The summed E-state index contributed by atoms with van der Waals surface area (Å²) in [6.07, 6.45) is 1.40. The van der Waals surface area contributed by atoms with Crippen LogP contribution in [0.1, 0.15) is 5.56 Å². The van der Waals surface area contributed by atoms with Gasteiger partial charge in [0.15, 0.2) is 0 Å². The van der Waals surface area contributed by atoms with Gasteiger partial charge in [0, 0.05) is 0 Å². The molecule has 6 heteroatoms. The molecule has 0 aliphatic carbocycles. The first kappa shape index (κ1) is 13.1. The van der Waals surface area contributed by atoms with E-state index in [1.807, 2.05) is 0 Å². The zero-order valence-electron chi connectivity index (χ0n) is 8.63. The second kappa shape index (κ2) is 5.93. The van der Waals surface area contributed by atoms with Gasteiger partial charge in [-0.15, -0.1) is 10.7 Å². The fraction of sp³-hybridized carbons (Fsp3) is 0.200. The molecular formula is C10H13NO3S2. The van der Waals surface area contributed by atoms with Gasteiger partial charge >= 0.3 is 0 Å². The smallest absolute Gasteiger partial charge is 0.226 e. The average molecular weight is 259 g/mol. The summed E-state index contributed by atoms with van der Waals surface area (Å²) in [6, 6.07) is 8.72. The Labute approximate surface area is 98.0 Å². The van der Waals surface area contributed by atoms with Gasteiger partial charge in [-0.05, 0) is 5.56 Å². The number of hydrogen-bond acceptors (Lipinski definition) is 3. The third kappa shape index (κ3) is 4.69. The van der Waals surface area contributed by atoms with Gasteiger partial charge < -0.3 is 0 Å². The van der Waals surface area contributed by atoms with Crippen molar-refractivity contribution in [3.05, 3.63) is 48.6 Å². The van der Waals surface area contributed by atoms with Crippen molar-refractivity contribution in [2.24, 2.45) is 0 Å². The van der Waals surface area contributed by atoms with Crippen LogP contribution in [-0.2, 0) is 26.8 Å². The van der Waals surface area contributed by atoms with Gasteiger partial charge in [0.25, 0.3) is 0 Å². The van der Waals surface area contributed by atoms with E-state index in [0.717, 1.165) is 0 Å². The van der Waals surface area contributed by atoms with Gasteiger partial charge in [0.05, 0.1) is 11.5 Å². The lowest BCUT2D eigenvalue weighted by Crippen LogP contribution is -2.28. The third-order valence-electron chi connectivity index (χ3n) is 1.69. The molecule has 1 unspecified atom stereocenters. The Balaban J connectivity index is 2.66. The Hall–Kier alpha value is -0.980. The van der Waals surface area contributed by atoms with Crippen LogP contribution in [0.15, 0.2) is 43.0 Å². The van der Waals surface area contributed by atoms with Crippen LogP contribution in [0.3, 0.4) is 0 Å². The Morgan fingerprint density at radius 3 is 2.50 bits per heavy atom. The zero-order chi connectivity index (χ0) is 12.0. The minimum Gasteiger partial charge on any atom is -0.242 e. The molecule has 0 heterocycles. The van der Waals surface area contributed by atoms with Crippen molar-refractivity contribution in [2.75, 3.05) is 5.75 Å². The molecule has 0 amide bonds. The summed E-state index contributed by atoms with van der Waals surface area (Å²) in [4.78, 5) is 0. The summed E-state index contributed by atoms with van der Waals surface area (Å²) >= 11 is 0. The molecule has 0 saturated carbocycles. The van der Waals surface area contributed by atoms with Crippen molar-refractivity contribution in [1.29, 1.82) is 0 Å². The van der Waals surface area contributed by atoms with E-state index < -0.39 is 21.0 Å². The Bertz CT molecular complexity index is 468. The van der Waals surface area contributed by atoms with Gasteiger partial charge in [-0.25, -0.2) is 12.6 Å². The summed E-state index contributed by atoms with van der Waals surface area (Å²) in [6.45, 7) is 3.39. The minimum atomic E-state index is -3.55. The molecule has 0 aliphatic rings. The highest BCUT2D eigenvalue weighted by Gasteiger charge is 2.13. The molecule has 0 radical (unpaired) electrons. The second-order valence-corrected chi connectivity index (χ2v) is 6.34. The maximum atomic E-state index is 11.5. The lowest BCUT2D eigenvalue weighted by molar-refractivity contribution is 0.592. The molecule has 0 spiro atoms. The third-order valence-corrected chi connectivity index (χ3v) is 4.70. The number of sulfonamides is 1. The molecular weight excluding hydrogens is 246 g/mol. The first-order valence-electron chi connectivity index (χ1n) is 4.57. The molecule has 0 aliphatic heterocycles. The zero-order valence-corrected chi connectivity index (χ0v) is 10.3. The van der Waals surface area contributed by atoms with Gasteiger partial charge in [0.1, 0.15) is 11.0 Å². The van der Waals surface area contributed by atoms with Gasteiger partial charge in [-0.3, -0.25) is 0 Å². The average Bonchev–Trinajstić information content (AvgIpc) is 2.17. The van der Waals surface area contributed by atoms with Crippen molar-refractivity contribution >= 4 is 21.0 Å².